The van der Waals surface area contributed by atoms with Crippen LogP contribution in [0.25, 0.3) is 0 Å². The SMILES string of the molecule is CC.O=C1c2ccccc2CC1Br. The second-order valence-electron chi connectivity index (χ2n) is 2.69. The minimum atomic E-state index is 0.0138. The standard InChI is InChI=1S/C9H7BrO.C2H6/c10-8-5-6-3-1-2-4-7(6)9(8)11;1-2/h1-4,8H,5H2;1-2H3. The first-order chi connectivity index (χ1) is 6.29. The lowest BCUT2D eigenvalue weighted by Gasteiger charge is -1.92. The van der Waals surface area contributed by atoms with E-state index in [1.54, 1.807) is 0 Å². The molecule has 0 N–H and O–H groups in total. The van der Waals surface area contributed by atoms with Crippen molar-refractivity contribution in [3.8, 4) is 0 Å². The van der Waals surface area contributed by atoms with E-state index in [9.17, 15) is 4.79 Å². The number of carbonyl (C=O) groups is 1. The van der Waals surface area contributed by atoms with E-state index in [0.717, 1.165) is 12.0 Å². The lowest BCUT2D eigenvalue weighted by Crippen LogP contribution is -2.05. The first kappa shape index (κ1) is 10.5. The fourth-order valence-corrected chi connectivity index (χ4v) is 1.99. The summed E-state index contributed by atoms with van der Waals surface area (Å²) in [5.74, 6) is 0.223. The molecule has 0 aliphatic heterocycles. The molecule has 1 unspecified atom stereocenters. The summed E-state index contributed by atoms with van der Waals surface area (Å²) in [7, 11) is 0. The van der Waals surface area contributed by atoms with Crippen molar-refractivity contribution < 1.29 is 4.79 Å². The zero-order valence-electron chi connectivity index (χ0n) is 7.88. The highest BCUT2D eigenvalue weighted by Gasteiger charge is 2.27. The lowest BCUT2D eigenvalue weighted by molar-refractivity contribution is 0.100. The minimum Gasteiger partial charge on any atom is -0.293 e. The van der Waals surface area contributed by atoms with E-state index in [0.29, 0.717) is 0 Å². The molecule has 0 fully saturated rings. The molecule has 0 bridgehead atoms. The molecule has 13 heavy (non-hydrogen) atoms. The maximum absolute atomic E-state index is 11.3. The third-order valence-electron chi connectivity index (χ3n) is 1.97. The van der Waals surface area contributed by atoms with Crippen molar-refractivity contribution in [1.29, 1.82) is 0 Å². The maximum Gasteiger partial charge on any atom is 0.177 e. The predicted octanol–water partition coefficient (Wildman–Crippen LogP) is 3.22. The predicted molar refractivity (Wildman–Crippen MR) is 58.5 cm³/mol. The Morgan fingerprint density at radius 2 is 1.92 bits per heavy atom. The van der Waals surface area contributed by atoms with Gasteiger partial charge in [0, 0.05) is 5.56 Å². The Bertz CT molecular complexity index is 307. The van der Waals surface area contributed by atoms with Crippen LogP contribution in [0, 0.1) is 0 Å². The van der Waals surface area contributed by atoms with Crippen LogP contribution in [0.2, 0.25) is 0 Å². The third kappa shape index (κ3) is 1.99. The molecule has 1 atom stereocenters. The average molecular weight is 241 g/mol. The number of benzene rings is 1. The molecule has 1 nitrogen and oxygen atoms in total. The molecule has 0 saturated carbocycles. The van der Waals surface area contributed by atoms with Gasteiger partial charge in [0.2, 0.25) is 0 Å². The van der Waals surface area contributed by atoms with Crippen molar-refractivity contribution in [2.75, 3.05) is 0 Å². The van der Waals surface area contributed by atoms with Crippen LogP contribution >= 0.6 is 15.9 Å². The number of Topliss-reactive ketones (excluding diaryl/α,β-unsaturated/α-hetero) is 1. The normalized spacial score (nSPS) is 19.0. The number of ketones is 1. The van der Waals surface area contributed by atoms with Gasteiger partial charge in [-0.25, -0.2) is 0 Å². The van der Waals surface area contributed by atoms with Gasteiger partial charge in [-0.1, -0.05) is 54.0 Å². The molecule has 0 aromatic heterocycles. The van der Waals surface area contributed by atoms with Gasteiger partial charge < -0.3 is 0 Å². The number of alkyl halides is 1. The van der Waals surface area contributed by atoms with Gasteiger partial charge in [0.15, 0.2) is 5.78 Å². The molecule has 2 rings (SSSR count). The van der Waals surface area contributed by atoms with E-state index in [1.165, 1.54) is 5.56 Å². The Morgan fingerprint density at radius 1 is 1.31 bits per heavy atom. The fourth-order valence-electron chi connectivity index (χ4n) is 1.39. The van der Waals surface area contributed by atoms with Crippen LogP contribution in [-0.2, 0) is 6.42 Å². The van der Waals surface area contributed by atoms with Crippen molar-refractivity contribution in [3.05, 3.63) is 35.4 Å². The molecule has 1 aromatic rings. The van der Waals surface area contributed by atoms with Gasteiger partial charge in [-0.05, 0) is 12.0 Å². The number of fused-ring (bicyclic) bond motifs is 1. The molecule has 1 aromatic carbocycles. The molecular weight excluding hydrogens is 228 g/mol. The van der Waals surface area contributed by atoms with Crippen LogP contribution in [0.3, 0.4) is 0 Å². The van der Waals surface area contributed by atoms with E-state index in [-0.39, 0.29) is 10.6 Å². The quantitative estimate of drug-likeness (QED) is 0.637. The summed E-state index contributed by atoms with van der Waals surface area (Å²) >= 11 is 3.33. The van der Waals surface area contributed by atoms with E-state index in [2.05, 4.69) is 15.9 Å². The highest BCUT2D eigenvalue weighted by molar-refractivity contribution is 9.10. The van der Waals surface area contributed by atoms with Gasteiger partial charge >= 0.3 is 0 Å². The van der Waals surface area contributed by atoms with Gasteiger partial charge in [0.1, 0.15) is 0 Å². The van der Waals surface area contributed by atoms with Crippen molar-refractivity contribution in [3.63, 3.8) is 0 Å². The van der Waals surface area contributed by atoms with Crippen LogP contribution in [0.4, 0.5) is 0 Å². The smallest absolute Gasteiger partial charge is 0.177 e. The number of hydrogen-bond donors (Lipinski definition) is 0. The Labute approximate surface area is 87.3 Å². The summed E-state index contributed by atoms with van der Waals surface area (Å²) in [6, 6.07) is 7.77. The Hall–Kier alpha value is -0.630. The maximum atomic E-state index is 11.3. The molecule has 1 aliphatic rings. The lowest BCUT2D eigenvalue weighted by atomic mass is 10.1. The monoisotopic (exact) mass is 240 g/mol. The molecule has 0 spiro atoms. The highest BCUT2D eigenvalue weighted by Crippen LogP contribution is 2.25. The Kier molecular flexibility index (Phi) is 3.67. The number of carbonyl (C=O) groups excluding carboxylic acids is 1. The fraction of sp³-hybridized carbons (Fsp3) is 0.364. The Morgan fingerprint density at radius 3 is 2.54 bits per heavy atom. The van der Waals surface area contributed by atoms with Crippen molar-refractivity contribution >= 4 is 21.7 Å². The first-order valence-electron chi connectivity index (χ1n) is 4.55. The first-order valence-corrected chi connectivity index (χ1v) is 5.47. The van der Waals surface area contributed by atoms with Crippen LogP contribution < -0.4 is 0 Å². The van der Waals surface area contributed by atoms with Gasteiger partial charge in [-0.2, -0.15) is 0 Å². The molecule has 0 saturated heterocycles. The van der Waals surface area contributed by atoms with E-state index in [4.69, 9.17) is 0 Å². The summed E-state index contributed by atoms with van der Waals surface area (Å²) < 4.78 is 0. The van der Waals surface area contributed by atoms with Crippen LogP contribution in [0.5, 0.6) is 0 Å². The minimum absolute atomic E-state index is 0.0138. The molecule has 1 aliphatic carbocycles. The number of rotatable bonds is 0. The van der Waals surface area contributed by atoms with Gasteiger partial charge in [0.25, 0.3) is 0 Å². The van der Waals surface area contributed by atoms with Crippen LogP contribution in [0.15, 0.2) is 24.3 Å². The van der Waals surface area contributed by atoms with Gasteiger partial charge in [-0.15, -0.1) is 0 Å². The zero-order valence-corrected chi connectivity index (χ0v) is 9.47. The summed E-state index contributed by atoms with van der Waals surface area (Å²) in [6.45, 7) is 4.00. The van der Waals surface area contributed by atoms with E-state index >= 15 is 0 Å². The van der Waals surface area contributed by atoms with Crippen molar-refractivity contribution in [2.24, 2.45) is 0 Å². The molecule has 0 amide bonds. The van der Waals surface area contributed by atoms with Crippen LogP contribution in [-0.4, -0.2) is 10.6 Å². The van der Waals surface area contributed by atoms with Crippen molar-refractivity contribution in [1.82, 2.24) is 0 Å². The highest BCUT2D eigenvalue weighted by atomic mass is 79.9. The molecular formula is C11H13BrO. The molecule has 0 radical (unpaired) electrons. The summed E-state index contributed by atoms with van der Waals surface area (Å²) in [6.07, 6.45) is 0.842. The number of halogens is 1. The van der Waals surface area contributed by atoms with Crippen molar-refractivity contribution in [2.45, 2.75) is 25.1 Å². The average Bonchev–Trinajstić information content (AvgIpc) is 2.47. The zero-order chi connectivity index (χ0) is 9.84. The summed E-state index contributed by atoms with van der Waals surface area (Å²) in [5.41, 5.74) is 2.05. The molecule has 70 valence electrons. The third-order valence-corrected chi connectivity index (χ3v) is 2.71. The summed E-state index contributed by atoms with van der Waals surface area (Å²) in [5, 5.41) is 0. The Balaban J connectivity index is 0.000000396. The topological polar surface area (TPSA) is 17.1 Å². The second kappa shape index (κ2) is 4.56. The molecule has 0 heterocycles. The van der Waals surface area contributed by atoms with E-state index < -0.39 is 0 Å². The van der Waals surface area contributed by atoms with E-state index in [1.807, 2.05) is 38.1 Å². The van der Waals surface area contributed by atoms with Gasteiger partial charge in [-0.3, -0.25) is 4.79 Å². The molecule has 2 heteroatoms. The summed E-state index contributed by atoms with van der Waals surface area (Å²) in [4.78, 5) is 11.4. The number of hydrogen-bond acceptors (Lipinski definition) is 1. The second-order valence-corrected chi connectivity index (χ2v) is 3.80. The van der Waals surface area contributed by atoms with Gasteiger partial charge in [0.05, 0.1) is 4.83 Å². The largest absolute Gasteiger partial charge is 0.293 e. The van der Waals surface area contributed by atoms with Crippen LogP contribution in [0.1, 0.15) is 29.8 Å².